The average Bonchev–Trinajstić information content (AvgIpc) is 3.00. The third-order valence-electron chi connectivity index (χ3n) is 3.84. The van der Waals surface area contributed by atoms with Crippen molar-refractivity contribution in [2.24, 2.45) is 0 Å². The van der Waals surface area contributed by atoms with E-state index < -0.39 is 16.7 Å². The van der Waals surface area contributed by atoms with E-state index in [2.05, 4.69) is 16.0 Å². The highest BCUT2D eigenvalue weighted by molar-refractivity contribution is 6.33. The first-order valence-corrected chi connectivity index (χ1v) is 8.42. The van der Waals surface area contributed by atoms with Crippen LogP contribution in [0.3, 0.4) is 0 Å². The molecule has 0 unspecified atom stereocenters. The third-order valence-corrected chi connectivity index (χ3v) is 4.19. The van der Waals surface area contributed by atoms with Crippen LogP contribution < -0.4 is 10.9 Å². The predicted molar refractivity (Wildman–Crippen MR) is 101 cm³/mol. The summed E-state index contributed by atoms with van der Waals surface area (Å²) < 4.78 is 1.41. The summed E-state index contributed by atoms with van der Waals surface area (Å²) in [5, 5.41) is 15.1. The number of hydrogen-bond acceptors (Lipinski definition) is 5. The Labute approximate surface area is 164 Å². The van der Waals surface area contributed by atoms with E-state index in [4.69, 9.17) is 11.6 Å². The number of hydrogen-bond donors (Lipinski definition) is 2. The van der Waals surface area contributed by atoms with Crippen molar-refractivity contribution in [3.8, 4) is 5.69 Å². The fourth-order valence-electron chi connectivity index (χ4n) is 2.51. The highest BCUT2D eigenvalue weighted by Gasteiger charge is 2.22. The van der Waals surface area contributed by atoms with Crippen LogP contribution in [0.15, 0.2) is 54.6 Å². The first-order valence-electron chi connectivity index (χ1n) is 8.04. The molecule has 142 valence electrons. The van der Waals surface area contributed by atoms with Gasteiger partial charge in [-0.3, -0.25) is 30.6 Å². The van der Waals surface area contributed by atoms with Crippen LogP contribution in [0.4, 0.5) is 5.69 Å². The number of rotatable bonds is 4. The van der Waals surface area contributed by atoms with Crippen molar-refractivity contribution in [2.45, 2.75) is 6.92 Å². The highest BCUT2D eigenvalue weighted by Crippen LogP contribution is 2.23. The number of benzene rings is 2. The lowest BCUT2D eigenvalue weighted by molar-refractivity contribution is -0.384. The molecule has 0 fully saturated rings. The first kappa shape index (κ1) is 19.1. The molecule has 2 N–H and O–H groups in total. The molecule has 0 atom stereocenters. The number of nitrogens with zero attached hydrogens (tertiary/aromatic N) is 3. The van der Waals surface area contributed by atoms with Crippen molar-refractivity contribution in [1.82, 2.24) is 20.6 Å². The van der Waals surface area contributed by atoms with Gasteiger partial charge in [0.2, 0.25) is 0 Å². The van der Waals surface area contributed by atoms with Gasteiger partial charge in [-0.1, -0.05) is 35.9 Å². The summed E-state index contributed by atoms with van der Waals surface area (Å²) in [5.74, 6) is -1.37. The molecule has 9 nitrogen and oxygen atoms in total. The fourth-order valence-corrected chi connectivity index (χ4v) is 2.86. The minimum atomic E-state index is -0.707. The molecule has 0 aliphatic heterocycles. The second-order valence-corrected chi connectivity index (χ2v) is 6.07. The van der Waals surface area contributed by atoms with Crippen LogP contribution >= 0.6 is 11.6 Å². The minimum Gasteiger partial charge on any atom is -0.267 e. The Morgan fingerprint density at radius 3 is 2.43 bits per heavy atom. The second-order valence-electron chi connectivity index (χ2n) is 5.71. The number of carbonyl (C=O) groups is 2. The Bertz CT molecular complexity index is 1070. The SMILES string of the molecule is Cc1nn(-c2ccccc2)c(Cl)c1C(=O)NNC(=O)c1cccc([N+](=O)[O-])c1. The van der Waals surface area contributed by atoms with E-state index in [0.717, 1.165) is 6.07 Å². The Balaban J connectivity index is 1.75. The lowest BCUT2D eigenvalue weighted by Gasteiger charge is -2.07. The molecule has 0 spiro atoms. The Morgan fingerprint density at radius 1 is 1.07 bits per heavy atom. The molecule has 3 rings (SSSR count). The van der Waals surface area contributed by atoms with Gasteiger partial charge >= 0.3 is 0 Å². The molecular weight excluding hydrogens is 386 g/mol. The number of halogens is 1. The van der Waals surface area contributed by atoms with Crippen LogP contribution in [0.1, 0.15) is 26.4 Å². The standard InChI is InChI=1S/C18H14ClN5O4/c1-11-15(16(19)23(22-11)13-7-3-2-4-8-13)18(26)21-20-17(25)12-6-5-9-14(10-12)24(27)28/h2-10H,1H3,(H,20,25)(H,21,26). The van der Waals surface area contributed by atoms with Gasteiger partial charge in [-0.25, -0.2) is 4.68 Å². The lowest BCUT2D eigenvalue weighted by atomic mass is 10.2. The van der Waals surface area contributed by atoms with Crippen LogP contribution in [0, 0.1) is 17.0 Å². The maximum atomic E-state index is 12.5. The summed E-state index contributed by atoms with van der Waals surface area (Å²) in [6.45, 7) is 1.61. The van der Waals surface area contributed by atoms with Gasteiger partial charge in [0.25, 0.3) is 17.5 Å². The molecule has 0 bridgehead atoms. The monoisotopic (exact) mass is 399 g/mol. The Hall–Kier alpha value is -3.72. The number of hydrazine groups is 1. The van der Waals surface area contributed by atoms with Gasteiger partial charge in [-0.2, -0.15) is 5.10 Å². The number of aryl methyl sites for hydroxylation is 1. The molecule has 28 heavy (non-hydrogen) atoms. The van der Waals surface area contributed by atoms with E-state index >= 15 is 0 Å². The summed E-state index contributed by atoms with van der Waals surface area (Å²) in [6.07, 6.45) is 0. The quantitative estimate of drug-likeness (QED) is 0.516. The number of aromatic nitrogens is 2. The summed E-state index contributed by atoms with van der Waals surface area (Å²) >= 11 is 6.30. The van der Waals surface area contributed by atoms with Crippen molar-refractivity contribution >= 4 is 29.1 Å². The second kappa shape index (κ2) is 7.89. The number of nitrogens with one attached hydrogen (secondary N) is 2. The van der Waals surface area contributed by atoms with E-state index in [1.807, 2.05) is 18.2 Å². The lowest BCUT2D eigenvalue weighted by Crippen LogP contribution is -2.41. The average molecular weight is 400 g/mol. The smallest absolute Gasteiger partial charge is 0.267 e. The van der Waals surface area contributed by atoms with Crippen molar-refractivity contribution in [3.63, 3.8) is 0 Å². The zero-order valence-corrected chi connectivity index (χ0v) is 15.3. The topological polar surface area (TPSA) is 119 Å². The highest BCUT2D eigenvalue weighted by atomic mass is 35.5. The first-order chi connectivity index (χ1) is 13.4. The van der Waals surface area contributed by atoms with Gasteiger partial charge in [0.05, 0.1) is 16.3 Å². The van der Waals surface area contributed by atoms with Gasteiger partial charge in [0.1, 0.15) is 10.7 Å². The van der Waals surface area contributed by atoms with E-state index in [1.165, 1.54) is 22.9 Å². The minimum absolute atomic E-state index is 0.0253. The van der Waals surface area contributed by atoms with Crippen LogP contribution in [-0.4, -0.2) is 26.5 Å². The zero-order valence-electron chi connectivity index (χ0n) is 14.5. The number of carbonyl (C=O) groups excluding carboxylic acids is 2. The normalized spacial score (nSPS) is 10.4. The van der Waals surface area contributed by atoms with Crippen molar-refractivity contribution in [1.29, 1.82) is 0 Å². The van der Waals surface area contributed by atoms with Gasteiger partial charge in [-0.05, 0) is 25.1 Å². The number of amides is 2. The summed E-state index contributed by atoms with van der Waals surface area (Å²) in [4.78, 5) is 34.8. The Morgan fingerprint density at radius 2 is 1.75 bits per heavy atom. The molecule has 0 aliphatic rings. The molecule has 3 aromatic rings. The maximum Gasteiger partial charge on any atom is 0.274 e. The molecule has 10 heteroatoms. The van der Waals surface area contributed by atoms with E-state index in [0.29, 0.717) is 11.4 Å². The van der Waals surface area contributed by atoms with Crippen LogP contribution in [0.2, 0.25) is 5.15 Å². The van der Waals surface area contributed by atoms with Crippen molar-refractivity contribution in [3.05, 3.63) is 86.7 Å². The summed E-state index contributed by atoms with van der Waals surface area (Å²) in [7, 11) is 0. The largest absolute Gasteiger partial charge is 0.274 e. The van der Waals surface area contributed by atoms with Gasteiger partial charge in [-0.15, -0.1) is 0 Å². The zero-order chi connectivity index (χ0) is 20.3. The molecule has 0 saturated heterocycles. The molecule has 2 amide bonds. The van der Waals surface area contributed by atoms with E-state index in [1.54, 1.807) is 19.1 Å². The van der Waals surface area contributed by atoms with Crippen molar-refractivity contribution in [2.75, 3.05) is 0 Å². The molecule has 0 saturated carbocycles. The summed E-state index contributed by atoms with van der Waals surface area (Å²) in [6, 6.07) is 14.1. The third kappa shape index (κ3) is 3.84. The molecule has 1 aromatic heterocycles. The number of para-hydroxylation sites is 1. The molecule has 1 heterocycles. The maximum absolute atomic E-state index is 12.5. The Kier molecular flexibility index (Phi) is 5.37. The summed E-state index contributed by atoms with van der Waals surface area (Å²) in [5.41, 5.74) is 5.40. The molecule has 0 aliphatic carbocycles. The fraction of sp³-hybridized carbons (Fsp3) is 0.0556. The number of non-ortho nitro benzene ring substituents is 1. The molecule has 2 aromatic carbocycles. The van der Waals surface area contributed by atoms with Gasteiger partial charge < -0.3 is 0 Å². The molecular formula is C18H14ClN5O4. The van der Waals surface area contributed by atoms with Crippen LogP contribution in [0.25, 0.3) is 5.69 Å². The number of nitro benzene ring substituents is 1. The van der Waals surface area contributed by atoms with Gasteiger partial charge in [0, 0.05) is 17.7 Å². The van der Waals surface area contributed by atoms with Crippen LogP contribution in [-0.2, 0) is 0 Å². The van der Waals surface area contributed by atoms with E-state index in [-0.39, 0.29) is 22.0 Å². The van der Waals surface area contributed by atoms with Gasteiger partial charge in [0.15, 0.2) is 0 Å². The van der Waals surface area contributed by atoms with Crippen molar-refractivity contribution < 1.29 is 14.5 Å². The van der Waals surface area contributed by atoms with E-state index in [9.17, 15) is 19.7 Å². The molecule has 0 radical (unpaired) electrons. The van der Waals surface area contributed by atoms with Crippen LogP contribution in [0.5, 0.6) is 0 Å². The predicted octanol–water partition coefficient (Wildman–Crippen LogP) is 2.82. The number of nitro groups is 1.